The SMILES string of the molecule is O=C(O)[C@@H]1C[C@H](O)CN1S(=O)(=O)CCc1ccccn1. The smallest absolute Gasteiger partial charge is 0.322 e. The Hall–Kier alpha value is -1.51. The number of aliphatic hydroxyl groups excluding tert-OH is 1. The van der Waals surface area contributed by atoms with Crippen LogP contribution >= 0.6 is 0 Å². The number of nitrogens with zero attached hydrogens (tertiary/aromatic N) is 2. The lowest BCUT2D eigenvalue weighted by molar-refractivity contribution is -0.140. The number of carboxylic acid groups (broad SMARTS) is 1. The van der Waals surface area contributed by atoms with E-state index in [1.165, 1.54) is 0 Å². The van der Waals surface area contributed by atoms with Crippen LogP contribution in [0.15, 0.2) is 24.4 Å². The highest BCUT2D eigenvalue weighted by molar-refractivity contribution is 7.89. The molecule has 1 aromatic rings. The summed E-state index contributed by atoms with van der Waals surface area (Å²) in [7, 11) is -3.73. The van der Waals surface area contributed by atoms with Crippen molar-refractivity contribution in [2.45, 2.75) is 25.0 Å². The second kappa shape index (κ2) is 5.86. The van der Waals surface area contributed by atoms with E-state index in [0.717, 1.165) is 4.31 Å². The van der Waals surface area contributed by atoms with E-state index in [1.54, 1.807) is 24.4 Å². The second-order valence-electron chi connectivity index (χ2n) is 4.70. The number of aliphatic carboxylic acids is 1. The van der Waals surface area contributed by atoms with Gasteiger partial charge in [0.05, 0.1) is 11.9 Å². The number of aryl methyl sites for hydroxylation is 1. The second-order valence-corrected chi connectivity index (χ2v) is 6.74. The number of carboxylic acids is 1. The normalized spacial score (nSPS) is 23.9. The molecule has 1 aliphatic rings. The monoisotopic (exact) mass is 300 g/mol. The molecule has 1 aliphatic heterocycles. The molecule has 0 radical (unpaired) electrons. The van der Waals surface area contributed by atoms with Crippen LogP contribution in [0.1, 0.15) is 12.1 Å². The number of hydrogen-bond donors (Lipinski definition) is 2. The minimum Gasteiger partial charge on any atom is -0.480 e. The van der Waals surface area contributed by atoms with Crippen molar-refractivity contribution >= 4 is 16.0 Å². The van der Waals surface area contributed by atoms with E-state index in [-0.39, 0.29) is 25.1 Å². The Morgan fingerprint density at radius 3 is 2.80 bits per heavy atom. The predicted molar refractivity (Wildman–Crippen MR) is 70.5 cm³/mol. The van der Waals surface area contributed by atoms with E-state index in [1.807, 2.05) is 0 Å². The Balaban J connectivity index is 2.08. The number of sulfonamides is 1. The Morgan fingerprint density at radius 2 is 2.20 bits per heavy atom. The van der Waals surface area contributed by atoms with Gasteiger partial charge in [0.15, 0.2) is 0 Å². The van der Waals surface area contributed by atoms with Crippen molar-refractivity contribution in [3.8, 4) is 0 Å². The molecule has 0 bridgehead atoms. The molecule has 20 heavy (non-hydrogen) atoms. The first-order chi connectivity index (χ1) is 9.40. The topological polar surface area (TPSA) is 108 Å². The number of β-amino-alcohol motifs (C(OH)–C–C–N with tert-alkyl or cyclic N) is 1. The fourth-order valence-corrected chi connectivity index (χ4v) is 3.88. The van der Waals surface area contributed by atoms with Crippen molar-refractivity contribution in [2.75, 3.05) is 12.3 Å². The van der Waals surface area contributed by atoms with Gasteiger partial charge in [0.2, 0.25) is 10.0 Å². The zero-order chi connectivity index (χ0) is 14.8. The van der Waals surface area contributed by atoms with Gasteiger partial charge in [-0.15, -0.1) is 0 Å². The minimum atomic E-state index is -3.73. The van der Waals surface area contributed by atoms with Gasteiger partial charge in [0, 0.05) is 31.3 Å². The maximum absolute atomic E-state index is 12.2. The molecule has 2 heterocycles. The zero-order valence-electron chi connectivity index (χ0n) is 10.7. The summed E-state index contributed by atoms with van der Waals surface area (Å²) in [5.74, 6) is -1.46. The summed E-state index contributed by atoms with van der Waals surface area (Å²) in [4.78, 5) is 15.1. The Morgan fingerprint density at radius 1 is 1.45 bits per heavy atom. The third-order valence-corrected chi connectivity index (χ3v) is 5.06. The Bertz CT molecular complexity index is 575. The van der Waals surface area contributed by atoms with Gasteiger partial charge in [0.1, 0.15) is 6.04 Å². The van der Waals surface area contributed by atoms with Crippen molar-refractivity contribution in [1.82, 2.24) is 9.29 Å². The lowest BCUT2D eigenvalue weighted by atomic mass is 10.2. The van der Waals surface area contributed by atoms with E-state index in [4.69, 9.17) is 5.11 Å². The number of rotatable bonds is 5. The van der Waals surface area contributed by atoms with Crippen LogP contribution in [0.3, 0.4) is 0 Å². The molecule has 0 aromatic carbocycles. The third kappa shape index (κ3) is 3.33. The van der Waals surface area contributed by atoms with Gasteiger partial charge in [-0.2, -0.15) is 4.31 Å². The highest BCUT2D eigenvalue weighted by Crippen LogP contribution is 2.22. The van der Waals surface area contributed by atoms with Crippen molar-refractivity contribution in [3.05, 3.63) is 30.1 Å². The van der Waals surface area contributed by atoms with E-state index in [0.29, 0.717) is 5.69 Å². The van der Waals surface area contributed by atoms with Crippen molar-refractivity contribution < 1.29 is 23.4 Å². The van der Waals surface area contributed by atoms with Crippen LogP contribution in [0, 0.1) is 0 Å². The van der Waals surface area contributed by atoms with Crippen LogP contribution in [0.5, 0.6) is 0 Å². The summed E-state index contributed by atoms with van der Waals surface area (Å²) in [6.07, 6.45) is 0.780. The summed E-state index contributed by atoms with van der Waals surface area (Å²) >= 11 is 0. The van der Waals surface area contributed by atoms with Crippen molar-refractivity contribution in [2.24, 2.45) is 0 Å². The molecular weight excluding hydrogens is 284 g/mol. The molecule has 2 N–H and O–H groups in total. The highest BCUT2D eigenvalue weighted by Gasteiger charge is 2.42. The van der Waals surface area contributed by atoms with E-state index in [2.05, 4.69) is 4.98 Å². The first-order valence-corrected chi connectivity index (χ1v) is 7.81. The molecule has 1 saturated heterocycles. The fourth-order valence-electron chi connectivity index (χ4n) is 2.21. The molecule has 1 fully saturated rings. The van der Waals surface area contributed by atoms with Crippen molar-refractivity contribution in [3.63, 3.8) is 0 Å². The summed E-state index contributed by atoms with van der Waals surface area (Å²) in [6.45, 7) is -0.165. The standard InChI is InChI=1S/C12H16N2O5S/c15-10-7-11(12(16)17)14(8-10)20(18,19)6-4-9-3-1-2-5-13-9/h1-3,5,10-11,15H,4,6-8H2,(H,16,17)/t10-,11-/m0/s1. The zero-order valence-corrected chi connectivity index (χ0v) is 11.5. The number of hydrogen-bond acceptors (Lipinski definition) is 5. The van der Waals surface area contributed by atoms with E-state index < -0.39 is 28.1 Å². The average molecular weight is 300 g/mol. The third-order valence-electron chi connectivity index (χ3n) is 3.22. The maximum Gasteiger partial charge on any atom is 0.322 e. The first-order valence-electron chi connectivity index (χ1n) is 6.20. The summed E-state index contributed by atoms with van der Waals surface area (Å²) in [6, 6.07) is 4.02. The van der Waals surface area contributed by atoms with Gasteiger partial charge in [-0.1, -0.05) is 6.07 Å². The molecule has 0 aliphatic carbocycles. The van der Waals surface area contributed by atoms with Crippen LogP contribution in [0.2, 0.25) is 0 Å². The van der Waals surface area contributed by atoms with Crippen LogP contribution in [-0.4, -0.2) is 58.3 Å². The largest absolute Gasteiger partial charge is 0.480 e. The Labute approximate surface area is 116 Å². The van der Waals surface area contributed by atoms with E-state index in [9.17, 15) is 18.3 Å². The molecule has 1 aromatic heterocycles. The number of aromatic nitrogens is 1. The molecule has 0 saturated carbocycles. The van der Waals surface area contributed by atoms with E-state index >= 15 is 0 Å². The van der Waals surface area contributed by atoms with Crippen LogP contribution in [0.25, 0.3) is 0 Å². The minimum absolute atomic E-state index is 0.0713. The van der Waals surface area contributed by atoms with Gasteiger partial charge in [0.25, 0.3) is 0 Å². The highest BCUT2D eigenvalue weighted by atomic mass is 32.2. The summed E-state index contributed by atoms with van der Waals surface area (Å²) in [5.41, 5.74) is 0.627. The van der Waals surface area contributed by atoms with Crippen LogP contribution in [0.4, 0.5) is 0 Å². The summed E-state index contributed by atoms with van der Waals surface area (Å²) in [5, 5.41) is 18.5. The van der Waals surface area contributed by atoms with Gasteiger partial charge in [-0.05, 0) is 12.1 Å². The van der Waals surface area contributed by atoms with Crippen LogP contribution in [-0.2, 0) is 21.2 Å². The van der Waals surface area contributed by atoms with Gasteiger partial charge < -0.3 is 10.2 Å². The maximum atomic E-state index is 12.2. The molecule has 110 valence electrons. The fraction of sp³-hybridized carbons (Fsp3) is 0.500. The van der Waals surface area contributed by atoms with Crippen LogP contribution < -0.4 is 0 Å². The lowest BCUT2D eigenvalue weighted by Crippen LogP contribution is -2.42. The molecule has 0 unspecified atom stereocenters. The molecule has 8 heteroatoms. The quantitative estimate of drug-likeness (QED) is 0.757. The van der Waals surface area contributed by atoms with Crippen molar-refractivity contribution in [1.29, 1.82) is 0 Å². The average Bonchev–Trinajstić information content (AvgIpc) is 2.81. The molecule has 2 atom stereocenters. The molecule has 0 spiro atoms. The Kier molecular flexibility index (Phi) is 4.36. The van der Waals surface area contributed by atoms with Gasteiger partial charge >= 0.3 is 5.97 Å². The predicted octanol–water partition coefficient (Wildman–Crippen LogP) is -0.526. The lowest BCUT2D eigenvalue weighted by Gasteiger charge is -2.20. The number of carbonyl (C=O) groups is 1. The molecule has 2 rings (SSSR count). The van der Waals surface area contributed by atoms with Gasteiger partial charge in [-0.25, -0.2) is 8.42 Å². The number of pyridine rings is 1. The molecular formula is C12H16N2O5S. The summed E-state index contributed by atoms with van der Waals surface area (Å²) < 4.78 is 25.3. The first kappa shape index (κ1) is 14.9. The van der Waals surface area contributed by atoms with Gasteiger partial charge in [-0.3, -0.25) is 9.78 Å². The number of aliphatic hydroxyl groups is 1. The molecule has 0 amide bonds. The molecule has 7 nitrogen and oxygen atoms in total.